The summed E-state index contributed by atoms with van der Waals surface area (Å²) in [5.74, 6) is 3.19. The van der Waals surface area contributed by atoms with Crippen molar-refractivity contribution in [3.05, 3.63) is 24.3 Å². The number of hydrogen-bond acceptors (Lipinski definition) is 4. The minimum absolute atomic E-state index is 0.305. The van der Waals surface area contributed by atoms with E-state index in [4.69, 9.17) is 9.47 Å². The highest BCUT2D eigenvalue weighted by Gasteiger charge is 2.31. The molecule has 0 aromatic heterocycles. The first kappa shape index (κ1) is 14.2. The van der Waals surface area contributed by atoms with Gasteiger partial charge in [0.2, 0.25) is 0 Å². The van der Waals surface area contributed by atoms with Gasteiger partial charge in [0.1, 0.15) is 24.2 Å². The summed E-state index contributed by atoms with van der Waals surface area (Å²) >= 11 is 0. The number of aliphatic hydroxyl groups excluding tert-OH is 1. The van der Waals surface area contributed by atoms with Crippen LogP contribution in [0.3, 0.4) is 0 Å². The zero-order valence-corrected chi connectivity index (χ0v) is 11.6. The Hall–Kier alpha value is -1.26. The molecule has 0 aliphatic heterocycles. The molecule has 3 atom stereocenters. The minimum Gasteiger partial charge on any atom is -0.497 e. The summed E-state index contributed by atoms with van der Waals surface area (Å²) in [6.07, 6.45) is 0.835. The van der Waals surface area contributed by atoms with Crippen molar-refractivity contribution in [3.8, 4) is 11.5 Å². The number of ether oxygens (including phenoxy) is 2. The lowest BCUT2D eigenvalue weighted by molar-refractivity contribution is 0.106. The van der Waals surface area contributed by atoms with Crippen LogP contribution >= 0.6 is 0 Å². The largest absolute Gasteiger partial charge is 0.497 e. The maximum Gasteiger partial charge on any atom is 0.119 e. The second kappa shape index (κ2) is 6.78. The molecule has 4 nitrogen and oxygen atoms in total. The van der Waals surface area contributed by atoms with E-state index in [0.717, 1.165) is 29.9 Å². The normalized spacial score (nSPS) is 22.9. The highest BCUT2D eigenvalue weighted by Crippen LogP contribution is 2.36. The van der Waals surface area contributed by atoms with Crippen molar-refractivity contribution >= 4 is 0 Å². The van der Waals surface area contributed by atoms with Gasteiger partial charge in [0.15, 0.2) is 0 Å². The SMILES string of the molecule is COc1ccc(OCC(O)CNCC2CC2C)cc1. The van der Waals surface area contributed by atoms with Gasteiger partial charge in [0.05, 0.1) is 7.11 Å². The van der Waals surface area contributed by atoms with Crippen LogP contribution in [0.1, 0.15) is 13.3 Å². The van der Waals surface area contributed by atoms with Crippen molar-refractivity contribution in [1.29, 1.82) is 0 Å². The van der Waals surface area contributed by atoms with Gasteiger partial charge in [-0.15, -0.1) is 0 Å². The molecule has 4 heteroatoms. The maximum atomic E-state index is 9.80. The number of hydrogen-bond donors (Lipinski definition) is 2. The number of methoxy groups -OCH3 is 1. The zero-order valence-electron chi connectivity index (χ0n) is 11.6. The third-order valence-corrected chi connectivity index (χ3v) is 3.56. The number of nitrogens with one attached hydrogen (secondary N) is 1. The van der Waals surface area contributed by atoms with Crippen molar-refractivity contribution in [2.75, 3.05) is 26.8 Å². The molecule has 1 fully saturated rings. The van der Waals surface area contributed by atoms with Crippen molar-refractivity contribution in [1.82, 2.24) is 5.32 Å². The molecule has 1 aromatic rings. The van der Waals surface area contributed by atoms with Gasteiger partial charge in [-0.2, -0.15) is 0 Å². The summed E-state index contributed by atoms with van der Waals surface area (Å²) in [5, 5.41) is 13.1. The average Bonchev–Trinajstić information content (AvgIpc) is 3.13. The lowest BCUT2D eigenvalue weighted by Gasteiger charge is -2.13. The summed E-state index contributed by atoms with van der Waals surface area (Å²) in [6.45, 7) is 4.15. The molecule has 1 saturated carbocycles. The molecule has 2 rings (SSSR count). The first-order valence-electron chi connectivity index (χ1n) is 6.84. The van der Waals surface area contributed by atoms with E-state index in [2.05, 4.69) is 12.2 Å². The molecule has 1 aliphatic carbocycles. The summed E-state index contributed by atoms with van der Waals surface area (Å²) in [7, 11) is 1.63. The smallest absolute Gasteiger partial charge is 0.119 e. The molecule has 0 heterocycles. The van der Waals surface area contributed by atoms with Crippen LogP contribution in [0.15, 0.2) is 24.3 Å². The molecule has 0 saturated heterocycles. The Bertz CT molecular complexity index is 379. The van der Waals surface area contributed by atoms with Gasteiger partial charge < -0.3 is 19.9 Å². The van der Waals surface area contributed by atoms with Crippen molar-refractivity contribution < 1.29 is 14.6 Å². The minimum atomic E-state index is -0.476. The van der Waals surface area contributed by atoms with E-state index in [-0.39, 0.29) is 0 Å². The van der Waals surface area contributed by atoms with Crippen molar-refractivity contribution in [3.63, 3.8) is 0 Å². The van der Waals surface area contributed by atoms with Crippen LogP contribution in [0.5, 0.6) is 11.5 Å². The molecule has 2 N–H and O–H groups in total. The lowest BCUT2D eigenvalue weighted by atomic mass is 10.3. The number of aliphatic hydroxyl groups is 1. The Balaban J connectivity index is 1.60. The van der Waals surface area contributed by atoms with E-state index >= 15 is 0 Å². The lowest BCUT2D eigenvalue weighted by Crippen LogP contribution is -2.32. The number of rotatable bonds is 8. The molecule has 1 aromatic carbocycles. The van der Waals surface area contributed by atoms with Crippen molar-refractivity contribution in [2.24, 2.45) is 11.8 Å². The first-order valence-corrected chi connectivity index (χ1v) is 6.84. The van der Waals surface area contributed by atoms with E-state index in [1.165, 1.54) is 6.42 Å². The monoisotopic (exact) mass is 265 g/mol. The topological polar surface area (TPSA) is 50.7 Å². The van der Waals surface area contributed by atoms with E-state index < -0.39 is 6.10 Å². The second-order valence-electron chi connectivity index (χ2n) is 5.27. The molecular formula is C15H23NO3. The van der Waals surface area contributed by atoms with E-state index in [9.17, 15) is 5.11 Å². The Morgan fingerprint density at radius 2 is 1.95 bits per heavy atom. The van der Waals surface area contributed by atoms with Gasteiger partial charge in [-0.25, -0.2) is 0 Å². The molecule has 19 heavy (non-hydrogen) atoms. The van der Waals surface area contributed by atoms with Crippen molar-refractivity contribution in [2.45, 2.75) is 19.4 Å². The van der Waals surface area contributed by atoms with Crippen LogP contribution < -0.4 is 14.8 Å². The molecule has 106 valence electrons. The van der Waals surface area contributed by atoms with Gasteiger partial charge in [-0.05, 0) is 49.1 Å². The summed E-state index contributed by atoms with van der Waals surface area (Å²) in [6, 6.07) is 7.36. The predicted molar refractivity (Wildman–Crippen MR) is 74.6 cm³/mol. The zero-order chi connectivity index (χ0) is 13.7. The second-order valence-corrected chi connectivity index (χ2v) is 5.27. The van der Waals surface area contributed by atoms with Crippen LogP contribution in [-0.4, -0.2) is 38.0 Å². The summed E-state index contributed by atoms with van der Waals surface area (Å²) < 4.78 is 10.6. The predicted octanol–water partition coefficient (Wildman–Crippen LogP) is 1.68. The third-order valence-electron chi connectivity index (χ3n) is 3.56. The molecule has 0 amide bonds. The van der Waals surface area contributed by atoms with Gasteiger partial charge in [0, 0.05) is 6.54 Å². The number of benzene rings is 1. The van der Waals surface area contributed by atoms with Crippen LogP contribution in [0.4, 0.5) is 0 Å². The Morgan fingerprint density at radius 1 is 1.32 bits per heavy atom. The fraction of sp³-hybridized carbons (Fsp3) is 0.600. The molecule has 0 spiro atoms. The highest BCUT2D eigenvalue weighted by molar-refractivity contribution is 5.31. The quantitative estimate of drug-likeness (QED) is 0.751. The van der Waals surface area contributed by atoms with Crippen LogP contribution in [-0.2, 0) is 0 Å². The van der Waals surface area contributed by atoms with Gasteiger partial charge in [-0.3, -0.25) is 0 Å². The van der Waals surface area contributed by atoms with Gasteiger partial charge in [0.25, 0.3) is 0 Å². The third kappa shape index (κ3) is 4.73. The Labute approximate surface area is 114 Å². The van der Waals surface area contributed by atoms with Crippen LogP contribution in [0, 0.1) is 11.8 Å². The molecule has 0 radical (unpaired) electrons. The average molecular weight is 265 g/mol. The van der Waals surface area contributed by atoms with Gasteiger partial charge in [-0.1, -0.05) is 6.92 Å². The van der Waals surface area contributed by atoms with E-state index in [1.807, 2.05) is 24.3 Å². The van der Waals surface area contributed by atoms with E-state index in [1.54, 1.807) is 7.11 Å². The fourth-order valence-electron chi connectivity index (χ4n) is 2.04. The maximum absolute atomic E-state index is 9.80. The standard InChI is InChI=1S/C15H23NO3/c1-11-7-12(11)8-16-9-13(17)10-19-15-5-3-14(18-2)4-6-15/h3-6,11-13,16-17H,7-10H2,1-2H3. The van der Waals surface area contributed by atoms with E-state index in [0.29, 0.717) is 13.2 Å². The first-order chi connectivity index (χ1) is 9.19. The Morgan fingerprint density at radius 3 is 2.53 bits per heavy atom. The molecule has 0 bridgehead atoms. The molecule has 3 unspecified atom stereocenters. The van der Waals surface area contributed by atoms with Gasteiger partial charge >= 0.3 is 0 Å². The molecule has 1 aliphatic rings. The van der Waals surface area contributed by atoms with Crippen LogP contribution in [0.2, 0.25) is 0 Å². The fourth-order valence-corrected chi connectivity index (χ4v) is 2.04. The summed E-state index contributed by atoms with van der Waals surface area (Å²) in [5.41, 5.74) is 0. The molecular weight excluding hydrogens is 242 g/mol. The Kier molecular flexibility index (Phi) is 5.05. The van der Waals surface area contributed by atoms with Crippen LogP contribution in [0.25, 0.3) is 0 Å². The summed E-state index contributed by atoms with van der Waals surface area (Å²) in [4.78, 5) is 0. The highest BCUT2D eigenvalue weighted by atomic mass is 16.5.